The van der Waals surface area contributed by atoms with Crippen LogP contribution in [0, 0.1) is 0 Å². The molecule has 0 bridgehead atoms. The summed E-state index contributed by atoms with van der Waals surface area (Å²) < 4.78 is 0. The summed E-state index contributed by atoms with van der Waals surface area (Å²) in [6, 6.07) is 2.18. The van der Waals surface area contributed by atoms with Crippen LogP contribution in [-0.4, -0.2) is 60.6 Å². The van der Waals surface area contributed by atoms with E-state index >= 15 is 0 Å². The summed E-state index contributed by atoms with van der Waals surface area (Å²) in [4.78, 5) is 5.48. The van der Waals surface area contributed by atoms with Gasteiger partial charge in [0.25, 0.3) is 0 Å². The second-order valence-corrected chi connectivity index (χ2v) is 6.31. The van der Waals surface area contributed by atoms with Crippen LogP contribution in [0.5, 0.6) is 0 Å². The molecule has 2 rings (SSSR count). The summed E-state index contributed by atoms with van der Waals surface area (Å²) in [6.07, 6.45) is 5.46. The van der Waals surface area contributed by atoms with Gasteiger partial charge >= 0.3 is 0 Å². The Labute approximate surface area is 113 Å². The molecular weight excluding hydrogens is 222 g/mol. The molecule has 1 N–H and O–H groups in total. The Morgan fingerprint density at radius 2 is 1.94 bits per heavy atom. The Hall–Kier alpha value is -0.120. The van der Waals surface area contributed by atoms with Crippen LogP contribution in [0.2, 0.25) is 0 Å². The van der Waals surface area contributed by atoms with Crippen molar-refractivity contribution in [3.63, 3.8) is 0 Å². The molecule has 106 valence electrons. The van der Waals surface area contributed by atoms with Gasteiger partial charge in [0.05, 0.1) is 0 Å². The second kappa shape index (κ2) is 6.88. The number of fused-ring (bicyclic) bond motifs is 1. The van der Waals surface area contributed by atoms with Crippen LogP contribution in [0.25, 0.3) is 0 Å². The van der Waals surface area contributed by atoms with Crippen molar-refractivity contribution in [3.8, 4) is 0 Å². The Kier molecular flexibility index (Phi) is 5.46. The summed E-state index contributed by atoms with van der Waals surface area (Å²) in [5.74, 6) is 0. The van der Waals surface area contributed by atoms with E-state index in [-0.39, 0.29) is 0 Å². The highest BCUT2D eigenvalue weighted by Gasteiger charge is 2.30. The smallest absolute Gasteiger partial charge is 0.0223 e. The van der Waals surface area contributed by atoms with Gasteiger partial charge in [-0.1, -0.05) is 20.8 Å². The quantitative estimate of drug-likeness (QED) is 0.808. The highest BCUT2D eigenvalue weighted by molar-refractivity contribution is 4.87. The molecule has 0 aromatic heterocycles. The van der Waals surface area contributed by atoms with Gasteiger partial charge in [-0.3, -0.25) is 9.80 Å². The van der Waals surface area contributed by atoms with E-state index in [9.17, 15) is 0 Å². The van der Waals surface area contributed by atoms with Crippen molar-refractivity contribution < 1.29 is 0 Å². The van der Waals surface area contributed by atoms with Gasteiger partial charge in [-0.2, -0.15) is 0 Å². The molecule has 0 spiro atoms. The van der Waals surface area contributed by atoms with E-state index in [1.165, 1.54) is 51.9 Å². The van der Waals surface area contributed by atoms with E-state index in [0.29, 0.717) is 6.04 Å². The maximum Gasteiger partial charge on any atom is 0.0223 e. The molecule has 2 aliphatic heterocycles. The molecular formula is C15H31N3. The molecule has 3 nitrogen and oxygen atoms in total. The van der Waals surface area contributed by atoms with Crippen LogP contribution in [-0.2, 0) is 0 Å². The van der Waals surface area contributed by atoms with Gasteiger partial charge in [0, 0.05) is 31.2 Å². The Balaban J connectivity index is 1.88. The number of nitrogens with one attached hydrogen (secondary N) is 1. The topological polar surface area (TPSA) is 18.5 Å². The molecule has 2 atom stereocenters. The van der Waals surface area contributed by atoms with Crippen LogP contribution in [0.4, 0.5) is 0 Å². The molecule has 3 heteroatoms. The lowest BCUT2D eigenvalue weighted by atomic mass is 10.1. The molecule has 2 heterocycles. The Morgan fingerprint density at radius 3 is 2.67 bits per heavy atom. The van der Waals surface area contributed by atoms with Gasteiger partial charge in [-0.15, -0.1) is 0 Å². The lowest BCUT2D eigenvalue weighted by molar-refractivity contribution is 0.164. The van der Waals surface area contributed by atoms with Crippen LogP contribution < -0.4 is 5.32 Å². The molecule has 0 aromatic rings. The first-order valence-corrected chi connectivity index (χ1v) is 7.92. The maximum atomic E-state index is 3.62. The lowest BCUT2D eigenvalue weighted by Crippen LogP contribution is -2.47. The van der Waals surface area contributed by atoms with Crippen molar-refractivity contribution in [2.45, 2.75) is 64.6 Å². The van der Waals surface area contributed by atoms with E-state index in [1.807, 2.05) is 0 Å². The molecule has 18 heavy (non-hydrogen) atoms. The first-order chi connectivity index (χ1) is 8.70. The fourth-order valence-electron chi connectivity index (χ4n) is 3.47. The van der Waals surface area contributed by atoms with Crippen molar-refractivity contribution in [1.82, 2.24) is 15.1 Å². The van der Waals surface area contributed by atoms with Gasteiger partial charge < -0.3 is 5.32 Å². The van der Waals surface area contributed by atoms with Gasteiger partial charge in [0.1, 0.15) is 0 Å². The average molecular weight is 253 g/mol. The molecule has 0 saturated carbocycles. The molecule has 0 radical (unpaired) electrons. The Morgan fingerprint density at radius 1 is 1.17 bits per heavy atom. The average Bonchev–Trinajstić information content (AvgIpc) is 2.68. The van der Waals surface area contributed by atoms with Crippen LogP contribution in [0.1, 0.15) is 46.5 Å². The molecule has 0 aromatic carbocycles. The minimum atomic E-state index is 0.606. The van der Waals surface area contributed by atoms with E-state index in [2.05, 4.69) is 35.9 Å². The fraction of sp³-hybridized carbons (Fsp3) is 1.00. The first-order valence-electron chi connectivity index (χ1n) is 7.92. The normalized spacial score (nSPS) is 28.3. The summed E-state index contributed by atoms with van der Waals surface area (Å²) >= 11 is 0. The molecule has 0 amide bonds. The molecule has 2 aliphatic rings. The highest BCUT2D eigenvalue weighted by atomic mass is 15.3. The van der Waals surface area contributed by atoms with Crippen molar-refractivity contribution >= 4 is 0 Å². The lowest BCUT2D eigenvalue weighted by Gasteiger charge is -2.33. The fourth-order valence-corrected chi connectivity index (χ4v) is 3.47. The third kappa shape index (κ3) is 3.69. The zero-order valence-electron chi connectivity index (χ0n) is 12.5. The minimum Gasteiger partial charge on any atom is -0.313 e. The van der Waals surface area contributed by atoms with E-state index in [1.54, 1.807) is 0 Å². The summed E-state index contributed by atoms with van der Waals surface area (Å²) in [5, 5.41) is 3.62. The number of hydrogen-bond acceptors (Lipinski definition) is 3. The van der Waals surface area contributed by atoms with E-state index < -0.39 is 0 Å². The standard InChI is InChI=1S/C15H31N3/c1-4-14(11-16-13(2)3)18-10-6-9-17-8-5-7-15(17)12-18/h13-16H,4-12H2,1-3H3. The summed E-state index contributed by atoms with van der Waals surface area (Å²) in [6.45, 7) is 13.3. The Bertz CT molecular complexity index is 242. The SMILES string of the molecule is CCC(CNC(C)C)N1CCCN2CCCC2C1. The molecule has 2 unspecified atom stereocenters. The van der Waals surface area contributed by atoms with Crippen LogP contribution >= 0.6 is 0 Å². The number of hydrogen-bond donors (Lipinski definition) is 1. The molecule has 0 aliphatic carbocycles. The van der Waals surface area contributed by atoms with Gasteiger partial charge in [0.15, 0.2) is 0 Å². The van der Waals surface area contributed by atoms with Crippen molar-refractivity contribution in [3.05, 3.63) is 0 Å². The molecule has 2 saturated heterocycles. The largest absolute Gasteiger partial charge is 0.313 e. The van der Waals surface area contributed by atoms with Gasteiger partial charge in [0.2, 0.25) is 0 Å². The van der Waals surface area contributed by atoms with Crippen molar-refractivity contribution in [1.29, 1.82) is 0 Å². The maximum absolute atomic E-state index is 3.62. The van der Waals surface area contributed by atoms with E-state index in [0.717, 1.165) is 18.6 Å². The predicted octanol–water partition coefficient (Wildman–Crippen LogP) is 1.93. The summed E-state index contributed by atoms with van der Waals surface area (Å²) in [5.41, 5.74) is 0. The van der Waals surface area contributed by atoms with Crippen LogP contribution in [0.15, 0.2) is 0 Å². The number of rotatable bonds is 5. The van der Waals surface area contributed by atoms with Crippen molar-refractivity contribution in [2.24, 2.45) is 0 Å². The van der Waals surface area contributed by atoms with E-state index in [4.69, 9.17) is 0 Å². The highest BCUT2D eigenvalue weighted by Crippen LogP contribution is 2.22. The predicted molar refractivity (Wildman–Crippen MR) is 78.0 cm³/mol. The number of nitrogens with zero attached hydrogens (tertiary/aromatic N) is 2. The zero-order valence-corrected chi connectivity index (χ0v) is 12.5. The second-order valence-electron chi connectivity index (χ2n) is 6.31. The van der Waals surface area contributed by atoms with Gasteiger partial charge in [-0.25, -0.2) is 0 Å². The van der Waals surface area contributed by atoms with Gasteiger partial charge in [-0.05, 0) is 45.3 Å². The third-order valence-electron chi connectivity index (χ3n) is 4.58. The zero-order chi connectivity index (χ0) is 13.0. The third-order valence-corrected chi connectivity index (χ3v) is 4.58. The van der Waals surface area contributed by atoms with Crippen molar-refractivity contribution in [2.75, 3.05) is 32.7 Å². The monoisotopic (exact) mass is 253 g/mol. The van der Waals surface area contributed by atoms with Crippen LogP contribution in [0.3, 0.4) is 0 Å². The summed E-state index contributed by atoms with van der Waals surface area (Å²) in [7, 11) is 0. The first kappa shape index (κ1) is 14.3. The molecule has 2 fully saturated rings. The minimum absolute atomic E-state index is 0.606.